The summed E-state index contributed by atoms with van der Waals surface area (Å²) >= 11 is 3.39. The second-order valence-corrected chi connectivity index (χ2v) is 3.96. The summed E-state index contributed by atoms with van der Waals surface area (Å²) in [6.45, 7) is 1.62. The molecule has 12 heavy (non-hydrogen) atoms. The van der Waals surface area contributed by atoms with Gasteiger partial charge in [0.05, 0.1) is 6.54 Å². The lowest BCUT2D eigenvalue weighted by atomic mass is 10.0. The van der Waals surface area contributed by atoms with Gasteiger partial charge >= 0.3 is 0 Å². The summed E-state index contributed by atoms with van der Waals surface area (Å²) in [7, 11) is 0. The fourth-order valence-corrected chi connectivity index (χ4v) is 2.17. The number of hydrogen-bond donors (Lipinski definition) is 0. The highest BCUT2D eigenvalue weighted by Gasteiger charge is 2.20. The van der Waals surface area contributed by atoms with Crippen molar-refractivity contribution in [1.29, 1.82) is 0 Å². The molecule has 1 nitrogen and oxygen atoms in total. The first-order valence-corrected chi connectivity index (χ1v) is 5.41. The number of nitrogens with zero attached hydrogens (tertiary/aromatic N) is 1. The van der Waals surface area contributed by atoms with Gasteiger partial charge in [0.25, 0.3) is 6.43 Å². The van der Waals surface area contributed by atoms with Gasteiger partial charge in [-0.2, -0.15) is 0 Å². The third-order valence-electron chi connectivity index (χ3n) is 2.22. The molecule has 1 unspecified atom stereocenters. The summed E-state index contributed by atoms with van der Waals surface area (Å²) in [5.41, 5.74) is 0. The Labute approximate surface area is 80.2 Å². The molecule has 0 radical (unpaired) electrons. The standard InChI is InChI=1S/C8H14BrF2N/c9-4-7-2-1-3-12(5-7)6-8(10)11/h7-8H,1-6H2. The molecule has 0 aromatic rings. The zero-order valence-corrected chi connectivity index (χ0v) is 8.56. The molecule has 72 valence electrons. The van der Waals surface area contributed by atoms with Crippen LogP contribution in [0.1, 0.15) is 12.8 Å². The van der Waals surface area contributed by atoms with Crippen LogP contribution in [0.5, 0.6) is 0 Å². The molecule has 0 bridgehead atoms. The Morgan fingerprint density at radius 3 is 2.83 bits per heavy atom. The molecular formula is C8H14BrF2N. The molecule has 0 aromatic heterocycles. The van der Waals surface area contributed by atoms with Gasteiger partial charge in [-0.05, 0) is 25.3 Å². The maximum atomic E-state index is 12.0. The number of likely N-dealkylation sites (tertiary alicyclic amines) is 1. The predicted octanol–water partition coefficient (Wildman–Crippen LogP) is 2.36. The Kier molecular flexibility index (Phi) is 4.43. The van der Waals surface area contributed by atoms with Crippen molar-refractivity contribution in [2.24, 2.45) is 5.92 Å². The molecule has 0 aliphatic carbocycles. The van der Waals surface area contributed by atoms with Crippen molar-refractivity contribution < 1.29 is 8.78 Å². The Balaban J connectivity index is 2.25. The highest BCUT2D eigenvalue weighted by Crippen LogP contribution is 2.18. The van der Waals surface area contributed by atoms with Gasteiger partial charge in [-0.25, -0.2) is 8.78 Å². The zero-order chi connectivity index (χ0) is 8.97. The van der Waals surface area contributed by atoms with E-state index in [4.69, 9.17) is 0 Å². The van der Waals surface area contributed by atoms with E-state index in [0.717, 1.165) is 24.8 Å². The zero-order valence-electron chi connectivity index (χ0n) is 6.98. The summed E-state index contributed by atoms with van der Waals surface area (Å²) in [6.07, 6.45) is 0.0487. The molecule has 1 saturated heterocycles. The number of piperidine rings is 1. The summed E-state index contributed by atoms with van der Waals surface area (Å²) in [5, 5.41) is 0.937. The minimum atomic E-state index is -2.18. The maximum Gasteiger partial charge on any atom is 0.251 e. The van der Waals surface area contributed by atoms with Gasteiger partial charge in [0.2, 0.25) is 0 Å². The highest BCUT2D eigenvalue weighted by atomic mass is 79.9. The van der Waals surface area contributed by atoms with Crippen molar-refractivity contribution in [2.75, 3.05) is 25.0 Å². The lowest BCUT2D eigenvalue weighted by Crippen LogP contribution is -2.38. The van der Waals surface area contributed by atoms with Crippen LogP contribution < -0.4 is 0 Å². The van der Waals surface area contributed by atoms with E-state index >= 15 is 0 Å². The van der Waals surface area contributed by atoms with Crippen LogP contribution in [-0.2, 0) is 0 Å². The SMILES string of the molecule is FC(F)CN1CCCC(CBr)C1. The molecule has 1 atom stereocenters. The van der Waals surface area contributed by atoms with Crippen LogP contribution in [-0.4, -0.2) is 36.3 Å². The average molecular weight is 242 g/mol. The van der Waals surface area contributed by atoms with Crippen LogP contribution in [0.15, 0.2) is 0 Å². The third-order valence-corrected chi connectivity index (χ3v) is 3.13. The van der Waals surface area contributed by atoms with Crippen molar-refractivity contribution >= 4 is 15.9 Å². The molecule has 1 aliphatic rings. The van der Waals surface area contributed by atoms with Gasteiger partial charge in [-0.1, -0.05) is 15.9 Å². The molecule has 1 fully saturated rings. The molecule has 0 aromatic carbocycles. The minimum absolute atomic E-state index is 0.0521. The van der Waals surface area contributed by atoms with Crippen molar-refractivity contribution in [2.45, 2.75) is 19.3 Å². The van der Waals surface area contributed by atoms with Crippen LogP contribution in [0.25, 0.3) is 0 Å². The van der Waals surface area contributed by atoms with E-state index in [1.807, 2.05) is 4.90 Å². The van der Waals surface area contributed by atoms with E-state index in [9.17, 15) is 8.78 Å². The van der Waals surface area contributed by atoms with Crippen LogP contribution in [0, 0.1) is 5.92 Å². The number of rotatable bonds is 3. The monoisotopic (exact) mass is 241 g/mol. The second kappa shape index (κ2) is 5.12. The van der Waals surface area contributed by atoms with Crippen LogP contribution >= 0.6 is 15.9 Å². The van der Waals surface area contributed by atoms with Gasteiger partial charge in [0.1, 0.15) is 0 Å². The Hall–Kier alpha value is 0.300. The largest absolute Gasteiger partial charge is 0.297 e. The number of alkyl halides is 3. The van der Waals surface area contributed by atoms with Crippen molar-refractivity contribution in [3.8, 4) is 0 Å². The Morgan fingerprint density at radius 1 is 1.50 bits per heavy atom. The van der Waals surface area contributed by atoms with Crippen molar-refractivity contribution in [3.63, 3.8) is 0 Å². The Bertz CT molecular complexity index is 132. The molecule has 1 heterocycles. The maximum absolute atomic E-state index is 12.0. The molecule has 1 aliphatic heterocycles. The normalized spacial score (nSPS) is 26.5. The van der Waals surface area contributed by atoms with E-state index in [1.54, 1.807) is 0 Å². The van der Waals surface area contributed by atoms with E-state index in [0.29, 0.717) is 5.92 Å². The van der Waals surface area contributed by atoms with Gasteiger partial charge < -0.3 is 0 Å². The Morgan fingerprint density at radius 2 is 2.25 bits per heavy atom. The number of halogens is 3. The summed E-state index contributed by atoms with van der Waals surface area (Å²) in [6, 6.07) is 0. The first-order valence-electron chi connectivity index (χ1n) is 4.29. The quantitative estimate of drug-likeness (QED) is 0.686. The first kappa shape index (κ1) is 10.4. The van der Waals surface area contributed by atoms with E-state index in [1.165, 1.54) is 6.42 Å². The van der Waals surface area contributed by atoms with Gasteiger partial charge in [0.15, 0.2) is 0 Å². The van der Waals surface area contributed by atoms with Crippen molar-refractivity contribution in [1.82, 2.24) is 4.90 Å². The van der Waals surface area contributed by atoms with Crippen LogP contribution in [0.4, 0.5) is 8.78 Å². The van der Waals surface area contributed by atoms with Crippen LogP contribution in [0.3, 0.4) is 0 Å². The topological polar surface area (TPSA) is 3.24 Å². The highest BCUT2D eigenvalue weighted by molar-refractivity contribution is 9.09. The molecular weight excluding hydrogens is 228 g/mol. The molecule has 0 spiro atoms. The predicted molar refractivity (Wildman–Crippen MR) is 49.0 cm³/mol. The number of hydrogen-bond acceptors (Lipinski definition) is 1. The van der Waals surface area contributed by atoms with E-state index in [2.05, 4.69) is 15.9 Å². The molecule has 0 amide bonds. The van der Waals surface area contributed by atoms with Gasteiger partial charge in [0, 0.05) is 11.9 Å². The molecule has 4 heteroatoms. The molecule has 0 saturated carbocycles. The fraction of sp³-hybridized carbons (Fsp3) is 1.00. The summed E-state index contributed by atoms with van der Waals surface area (Å²) < 4.78 is 24.0. The van der Waals surface area contributed by atoms with E-state index in [-0.39, 0.29) is 6.54 Å². The van der Waals surface area contributed by atoms with Gasteiger partial charge in [-0.15, -0.1) is 0 Å². The van der Waals surface area contributed by atoms with Crippen molar-refractivity contribution in [3.05, 3.63) is 0 Å². The molecule has 0 N–H and O–H groups in total. The summed E-state index contributed by atoms with van der Waals surface area (Å²) in [4.78, 5) is 1.86. The lowest BCUT2D eigenvalue weighted by molar-refractivity contribution is 0.0682. The smallest absolute Gasteiger partial charge is 0.251 e. The fourth-order valence-electron chi connectivity index (χ4n) is 1.64. The average Bonchev–Trinajstić information content (AvgIpc) is 2.03. The summed E-state index contributed by atoms with van der Waals surface area (Å²) in [5.74, 6) is 0.567. The first-order chi connectivity index (χ1) is 5.72. The van der Waals surface area contributed by atoms with Crippen LogP contribution in [0.2, 0.25) is 0 Å². The molecule has 1 rings (SSSR count). The third kappa shape index (κ3) is 3.35. The lowest BCUT2D eigenvalue weighted by Gasteiger charge is -2.31. The second-order valence-electron chi connectivity index (χ2n) is 3.31. The minimum Gasteiger partial charge on any atom is -0.297 e. The van der Waals surface area contributed by atoms with Gasteiger partial charge in [-0.3, -0.25) is 4.90 Å². The van der Waals surface area contributed by atoms with E-state index < -0.39 is 6.43 Å².